The Labute approximate surface area is 156 Å². The summed E-state index contributed by atoms with van der Waals surface area (Å²) in [7, 11) is 0. The Morgan fingerprint density at radius 3 is 2.54 bits per heavy atom. The van der Waals surface area contributed by atoms with Crippen molar-refractivity contribution in [2.24, 2.45) is 4.99 Å². The van der Waals surface area contributed by atoms with Gasteiger partial charge in [-0.05, 0) is 55.3 Å². The monoisotopic (exact) mass is 361 g/mol. The number of nitrogens with zero attached hydrogens (tertiary/aromatic N) is 3. The summed E-state index contributed by atoms with van der Waals surface area (Å²) in [6.45, 7) is 0. The van der Waals surface area contributed by atoms with Crippen LogP contribution in [0.25, 0.3) is 5.57 Å². The summed E-state index contributed by atoms with van der Waals surface area (Å²) >= 11 is 4.72. The van der Waals surface area contributed by atoms with Crippen LogP contribution in [0.1, 0.15) is 45.5 Å². The molecule has 1 aliphatic heterocycles. The van der Waals surface area contributed by atoms with E-state index in [0.717, 1.165) is 30.4 Å². The number of aromatic nitrogens is 1. The maximum atomic E-state index is 12.7. The number of pyridine rings is 1. The zero-order valence-corrected chi connectivity index (χ0v) is 14.7. The third-order valence-corrected chi connectivity index (χ3v) is 4.90. The lowest BCUT2D eigenvalue weighted by Crippen LogP contribution is -2.39. The average Bonchev–Trinajstić information content (AvgIpc) is 2.94. The molecule has 2 aromatic rings. The minimum atomic E-state index is -0.261. The number of hydrogen-bond acceptors (Lipinski definition) is 5. The number of carbonyl (C=O) groups excluding carboxylic acids is 2. The van der Waals surface area contributed by atoms with E-state index < -0.39 is 0 Å². The van der Waals surface area contributed by atoms with Crippen molar-refractivity contribution in [2.45, 2.75) is 25.3 Å². The fourth-order valence-electron chi connectivity index (χ4n) is 3.63. The van der Waals surface area contributed by atoms with E-state index in [9.17, 15) is 9.59 Å². The molecule has 0 bridgehead atoms. The molecule has 0 fully saturated rings. The first-order valence-corrected chi connectivity index (χ1v) is 8.81. The van der Waals surface area contributed by atoms with Crippen molar-refractivity contribution in [3.05, 3.63) is 65.5 Å². The quantitative estimate of drug-likeness (QED) is 0.470. The highest BCUT2D eigenvalue weighted by Gasteiger charge is 2.39. The maximum Gasteiger partial charge on any atom is 0.262 e. The average molecular weight is 361 g/mol. The highest BCUT2D eigenvalue weighted by atomic mass is 32.1. The fourth-order valence-corrected chi connectivity index (χ4v) is 3.73. The molecule has 1 unspecified atom stereocenters. The fraction of sp³-hybridized carbons (Fsp3) is 0.200. The number of benzene rings is 1. The van der Waals surface area contributed by atoms with Gasteiger partial charge in [0.05, 0.1) is 34.2 Å². The Morgan fingerprint density at radius 2 is 1.85 bits per heavy atom. The molecule has 2 heterocycles. The van der Waals surface area contributed by atoms with Crippen LogP contribution in [0.4, 0.5) is 5.69 Å². The molecule has 0 saturated heterocycles. The molecule has 26 heavy (non-hydrogen) atoms. The van der Waals surface area contributed by atoms with Crippen LogP contribution in [0, 0.1) is 0 Å². The van der Waals surface area contributed by atoms with Crippen LogP contribution in [0.3, 0.4) is 0 Å². The molecule has 2 amide bonds. The number of fused-ring (bicyclic) bond motifs is 1. The number of thiocarbonyl (C=S) groups is 1. The number of hydrogen-bond donors (Lipinski definition) is 0. The first-order valence-electron chi connectivity index (χ1n) is 8.40. The third-order valence-electron chi connectivity index (χ3n) is 4.81. The highest BCUT2D eigenvalue weighted by molar-refractivity contribution is 7.78. The molecular weight excluding hydrogens is 346 g/mol. The van der Waals surface area contributed by atoms with Gasteiger partial charge in [-0.3, -0.25) is 19.5 Å². The molecule has 1 atom stereocenters. The van der Waals surface area contributed by atoms with Gasteiger partial charge in [-0.2, -0.15) is 4.99 Å². The van der Waals surface area contributed by atoms with Crippen molar-refractivity contribution in [1.82, 2.24) is 9.88 Å². The summed E-state index contributed by atoms with van der Waals surface area (Å²) in [5.74, 6) is -0.445. The van der Waals surface area contributed by atoms with E-state index >= 15 is 0 Å². The number of carbonyl (C=O) groups is 2. The Hall–Kier alpha value is -2.95. The topological polar surface area (TPSA) is 62.6 Å². The molecule has 0 spiro atoms. The van der Waals surface area contributed by atoms with Crippen molar-refractivity contribution in [3.63, 3.8) is 0 Å². The summed E-state index contributed by atoms with van der Waals surface area (Å²) in [6.07, 6.45) is 7.83. The number of aliphatic imine (C=N–C) groups is 1. The number of allylic oxidation sites excluding steroid dienone is 1. The highest BCUT2D eigenvalue weighted by Crippen LogP contribution is 2.36. The lowest BCUT2D eigenvalue weighted by molar-refractivity contribution is 0.0606. The molecule has 1 aromatic carbocycles. The molecule has 1 aromatic heterocycles. The van der Waals surface area contributed by atoms with Gasteiger partial charge in [-0.15, -0.1) is 0 Å². The SMILES string of the molecule is O=C1c2ccccc2C(=O)N1C1C=C(c2ccncc2N=C=S)CCC1. The van der Waals surface area contributed by atoms with Crippen molar-refractivity contribution in [2.75, 3.05) is 0 Å². The Bertz CT molecular complexity index is 957. The molecule has 0 N–H and O–H groups in total. The van der Waals surface area contributed by atoms with Crippen LogP contribution in [0.2, 0.25) is 0 Å². The first kappa shape index (κ1) is 16.5. The van der Waals surface area contributed by atoms with Crippen LogP contribution in [-0.4, -0.2) is 32.9 Å². The van der Waals surface area contributed by atoms with E-state index in [0.29, 0.717) is 16.8 Å². The number of amides is 2. The second-order valence-electron chi connectivity index (χ2n) is 6.27. The number of isothiocyanates is 1. The van der Waals surface area contributed by atoms with Gasteiger partial charge in [0, 0.05) is 11.8 Å². The zero-order valence-electron chi connectivity index (χ0n) is 13.9. The van der Waals surface area contributed by atoms with Gasteiger partial charge in [0.1, 0.15) is 0 Å². The van der Waals surface area contributed by atoms with E-state index in [1.165, 1.54) is 4.90 Å². The van der Waals surface area contributed by atoms with Crippen LogP contribution in [0.15, 0.2) is 53.8 Å². The molecule has 4 rings (SSSR count). The molecule has 1 aliphatic carbocycles. The van der Waals surface area contributed by atoms with Crippen molar-refractivity contribution in [3.8, 4) is 0 Å². The van der Waals surface area contributed by atoms with Crippen LogP contribution < -0.4 is 0 Å². The van der Waals surface area contributed by atoms with Gasteiger partial charge in [-0.25, -0.2) is 0 Å². The molecule has 128 valence electrons. The Kier molecular flexibility index (Phi) is 4.29. The van der Waals surface area contributed by atoms with E-state index in [2.05, 4.69) is 15.1 Å². The van der Waals surface area contributed by atoms with Crippen molar-refractivity contribution < 1.29 is 9.59 Å². The summed E-state index contributed by atoms with van der Waals surface area (Å²) < 4.78 is 0. The summed E-state index contributed by atoms with van der Waals surface area (Å²) in [5.41, 5.74) is 3.57. The molecular formula is C20H15N3O2S. The zero-order chi connectivity index (χ0) is 18.1. The minimum Gasteiger partial charge on any atom is -0.269 e. The van der Waals surface area contributed by atoms with Gasteiger partial charge in [0.15, 0.2) is 0 Å². The lowest BCUT2D eigenvalue weighted by atomic mass is 9.90. The first-order chi connectivity index (χ1) is 12.7. The summed E-state index contributed by atoms with van der Waals surface area (Å²) in [5, 5.41) is 2.38. The van der Waals surface area contributed by atoms with E-state index in [-0.39, 0.29) is 17.9 Å². The maximum absolute atomic E-state index is 12.7. The third kappa shape index (κ3) is 2.69. The number of rotatable bonds is 3. The van der Waals surface area contributed by atoms with E-state index in [1.807, 2.05) is 12.1 Å². The smallest absolute Gasteiger partial charge is 0.262 e. The van der Waals surface area contributed by atoms with Crippen LogP contribution in [-0.2, 0) is 0 Å². The normalized spacial score (nSPS) is 19.0. The minimum absolute atomic E-state index is 0.222. The summed E-state index contributed by atoms with van der Waals surface area (Å²) in [4.78, 5) is 35.0. The second kappa shape index (κ2) is 6.75. The molecule has 0 saturated carbocycles. The Morgan fingerprint density at radius 1 is 1.12 bits per heavy atom. The number of imide groups is 1. The van der Waals surface area contributed by atoms with Crippen LogP contribution >= 0.6 is 12.2 Å². The summed E-state index contributed by atoms with van der Waals surface area (Å²) in [6, 6.07) is 8.59. The Balaban J connectivity index is 1.72. The van der Waals surface area contributed by atoms with Crippen molar-refractivity contribution >= 4 is 40.5 Å². The van der Waals surface area contributed by atoms with Gasteiger partial charge >= 0.3 is 0 Å². The molecule has 2 aliphatic rings. The largest absolute Gasteiger partial charge is 0.269 e. The van der Waals surface area contributed by atoms with Gasteiger partial charge in [0.2, 0.25) is 0 Å². The van der Waals surface area contributed by atoms with Gasteiger partial charge in [0.25, 0.3) is 11.8 Å². The van der Waals surface area contributed by atoms with Crippen LogP contribution in [0.5, 0.6) is 0 Å². The second-order valence-corrected chi connectivity index (χ2v) is 6.46. The predicted octanol–water partition coefficient (Wildman–Crippen LogP) is 4.05. The molecule has 0 radical (unpaired) electrons. The lowest BCUT2D eigenvalue weighted by Gasteiger charge is -2.28. The van der Waals surface area contributed by atoms with Gasteiger partial charge < -0.3 is 0 Å². The van der Waals surface area contributed by atoms with Crippen molar-refractivity contribution in [1.29, 1.82) is 0 Å². The molecule has 5 nitrogen and oxygen atoms in total. The molecule has 6 heteroatoms. The standard InChI is InChI=1S/C20H15N3O2S/c24-19-16-6-1-2-7-17(16)20(25)23(19)14-5-3-4-13(10-14)15-8-9-21-11-18(15)22-12-26/h1-2,6-11,14H,3-5H2. The van der Waals surface area contributed by atoms with Gasteiger partial charge in [-0.1, -0.05) is 18.2 Å². The van der Waals surface area contributed by atoms with E-state index in [1.54, 1.807) is 36.7 Å². The predicted molar refractivity (Wildman–Crippen MR) is 101 cm³/mol. The van der Waals surface area contributed by atoms with E-state index in [4.69, 9.17) is 12.2 Å².